The van der Waals surface area contributed by atoms with Crippen LogP contribution in [0.4, 0.5) is 5.69 Å². The number of aromatic nitrogens is 2. The van der Waals surface area contributed by atoms with Crippen molar-refractivity contribution < 1.29 is 4.79 Å². The number of hydrogen-bond donors (Lipinski definition) is 1. The minimum absolute atomic E-state index is 0.0866. The van der Waals surface area contributed by atoms with Crippen LogP contribution in [0.15, 0.2) is 60.2 Å². The summed E-state index contributed by atoms with van der Waals surface area (Å²) >= 11 is 1.61. The van der Waals surface area contributed by atoms with E-state index >= 15 is 0 Å². The van der Waals surface area contributed by atoms with E-state index in [2.05, 4.69) is 10.3 Å². The lowest BCUT2D eigenvalue weighted by Gasteiger charge is -2.10. The predicted octanol–water partition coefficient (Wildman–Crippen LogP) is 4.93. The maximum atomic E-state index is 12.5. The summed E-state index contributed by atoms with van der Waals surface area (Å²) in [5.74, 6) is -0.0866. The van der Waals surface area contributed by atoms with E-state index in [-0.39, 0.29) is 5.91 Å². The molecule has 25 heavy (non-hydrogen) atoms. The Hall–Kier alpha value is -2.92. The molecule has 0 atom stereocenters. The third-order valence-electron chi connectivity index (χ3n) is 4.38. The summed E-state index contributed by atoms with van der Waals surface area (Å²) in [7, 11) is 0. The Morgan fingerprint density at radius 2 is 1.92 bits per heavy atom. The van der Waals surface area contributed by atoms with Crippen LogP contribution in [0, 0.1) is 13.8 Å². The van der Waals surface area contributed by atoms with Crippen LogP contribution in [0.2, 0.25) is 0 Å². The van der Waals surface area contributed by atoms with Crippen LogP contribution in [0.1, 0.15) is 21.5 Å². The zero-order valence-electron chi connectivity index (χ0n) is 14.0. The van der Waals surface area contributed by atoms with E-state index in [9.17, 15) is 4.79 Å². The second-order valence-electron chi connectivity index (χ2n) is 6.00. The first-order valence-corrected chi connectivity index (χ1v) is 8.90. The van der Waals surface area contributed by atoms with Gasteiger partial charge in [-0.05, 0) is 43.2 Å². The molecule has 0 saturated carbocycles. The van der Waals surface area contributed by atoms with Crippen LogP contribution >= 0.6 is 11.3 Å². The molecule has 0 radical (unpaired) electrons. The predicted molar refractivity (Wildman–Crippen MR) is 102 cm³/mol. The van der Waals surface area contributed by atoms with E-state index in [1.807, 2.05) is 78.5 Å². The third-order valence-corrected chi connectivity index (χ3v) is 5.15. The van der Waals surface area contributed by atoms with Gasteiger partial charge in [-0.2, -0.15) is 0 Å². The quantitative estimate of drug-likeness (QED) is 0.571. The molecule has 0 aliphatic carbocycles. The number of imidazole rings is 1. The summed E-state index contributed by atoms with van der Waals surface area (Å²) in [6, 6.07) is 13.5. The van der Waals surface area contributed by atoms with Gasteiger partial charge in [-0.25, -0.2) is 4.98 Å². The summed E-state index contributed by atoms with van der Waals surface area (Å²) in [6.45, 7) is 3.98. The standard InChI is InChI=1S/C20H17N3OS/c1-13-4-3-5-17(14(13)2)19(24)21-16-8-6-15(7-9-16)18-12-23-10-11-25-20(23)22-18/h3-12H,1-2H3,(H,21,24). The van der Waals surface area contributed by atoms with Crippen LogP contribution in [0.25, 0.3) is 16.2 Å². The normalized spacial score (nSPS) is 11.0. The molecule has 0 aliphatic rings. The Labute approximate surface area is 149 Å². The van der Waals surface area contributed by atoms with Gasteiger partial charge in [0.15, 0.2) is 4.96 Å². The highest BCUT2D eigenvalue weighted by Gasteiger charge is 2.11. The molecule has 5 heteroatoms. The molecule has 124 valence electrons. The molecule has 2 aromatic heterocycles. The number of hydrogen-bond acceptors (Lipinski definition) is 3. The molecule has 0 spiro atoms. The molecule has 0 saturated heterocycles. The van der Waals surface area contributed by atoms with Crippen molar-refractivity contribution in [1.82, 2.24) is 9.38 Å². The summed E-state index contributed by atoms with van der Waals surface area (Å²) in [5.41, 5.74) is 5.56. The van der Waals surface area contributed by atoms with Gasteiger partial charge in [0.2, 0.25) is 0 Å². The fourth-order valence-electron chi connectivity index (χ4n) is 2.79. The molecule has 4 nitrogen and oxygen atoms in total. The number of nitrogens with one attached hydrogen (secondary N) is 1. The molecule has 4 rings (SSSR count). The number of anilines is 1. The molecule has 2 heterocycles. The Kier molecular flexibility index (Phi) is 3.86. The van der Waals surface area contributed by atoms with Gasteiger partial charge in [0.25, 0.3) is 5.91 Å². The van der Waals surface area contributed by atoms with Gasteiger partial charge in [-0.3, -0.25) is 9.20 Å². The lowest BCUT2D eigenvalue weighted by Crippen LogP contribution is -2.13. The van der Waals surface area contributed by atoms with E-state index in [0.717, 1.165) is 33.0 Å². The number of aryl methyl sites for hydroxylation is 1. The molecule has 0 fully saturated rings. The summed E-state index contributed by atoms with van der Waals surface area (Å²) in [4.78, 5) is 18.1. The zero-order valence-corrected chi connectivity index (χ0v) is 14.8. The Morgan fingerprint density at radius 1 is 1.12 bits per heavy atom. The minimum Gasteiger partial charge on any atom is -0.322 e. The van der Waals surface area contributed by atoms with Crippen molar-refractivity contribution in [1.29, 1.82) is 0 Å². The van der Waals surface area contributed by atoms with E-state index in [1.54, 1.807) is 11.3 Å². The monoisotopic (exact) mass is 347 g/mol. The molecular formula is C20H17N3OS. The van der Waals surface area contributed by atoms with Crippen molar-refractivity contribution in [2.24, 2.45) is 0 Å². The van der Waals surface area contributed by atoms with Crippen LogP contribution < -0.4 is 5.32 Å². The molecule has 1 amide bonds. The van der Waals surface area contributed by atoms with Crippen LogP contribution in [-0.2, 0) is 0 Å². The first-order valence-electron chi connectivity index (χ1n) is 8.02. The maximum absolute atomic E-state index is 12.5. The van der Waals surface area contributed by atoms with E-state index in [1.165, 1.54) is 0 Å². The molecular weight excluding hydrogens is 330 g/mol. The number of nitrogens with zero attached hydrogens (tertiary/aromatic N) is 2. The topological polar surface area (TPSA) is 46.4 Å². The SMILES string of the molecule is Cc1cccc(C(=O)Nc2ccc(-c3cn4ccsc4n3)cc2)c1C. The summed E-state index contributed by atoms with van der Waals surface area (Å²) in [5, 5.41) is 4.98. The van der Waals surface area contributed by atoms with E-state index in [4.69, 9.17) is 0 Å². The van der Waals surface area contributed by atoms with Crippen LogP contribution in [0.5, 0.6) is 0 Å². The summed E-state index contributed by atoms with van der Waals surface area (Å²) in [6.07, 6.45) is 4.00. The smallest absolute Gasteiger partial charge is 0.255 e. The molecule has 0 bridgehead atoms. The van der Waals surface area contributed by atoms with E-state index in [0.29, 0.717) is 5.56 Å². The van der Waals surface area contributed by atoms with Crippen molar-refractivity contribution in [3.63, 3.8) is 0 Å². The van der Waals surface area contributed by atoms with Gasteiger partial charge in [-0.15, -0.1) is 11.3 Å². The molecule has 4 aromatic rings. The van der Waals surface area contributed by atoms with Crippen molar-refractivity contribution in [2.75, 3.05) is 5.32 Å². The second-order valence-corrected chi connectivity index (χ2v) is 6.87. The Bertz CT molecular complexity index is 1030. The Balaban J connectivity index is 1.55. The number of thiazole rings is 1. The maximum Gasteiger partial charge on any atom is 0.255 e. The highest BCUT2D eigenvalue weighted by atomic mass is 32.1. The first kappa shape index (κ1) is 15.6. The van der Waals surface area contributed by atoms with Gasteiger partial charge in [0.05, 0.1) is 5.69 Å². The number of carbonyl (C=O) groups excluding carboxylic acids is 1. The molecule has 1 N–H and O–H groups in total. The van der Waals surface area contributed by atoms with Gasteiger partial charge in [0, 0.05) is 34.6 Å². The van der Waals surface area contributed by atoms with Crippen molar-refractivity contribution in [2.45, 2.75) is 13.8 Å². The summed E-state index contributed by atoms with van der Waals surface area (Å²) < 4.78 is 2.01. The highest BCUT2D eigenvalue weighted by molar-refractivity contribution is 7.15. The molecule has 0 unspecified atom stereocenters. The van der Waals surface area contributed by atoms with Crippen molar-refractivity contribution in [3.8, 4) is 11.3 Å². The molecule has 2 aromatic carbocycles. The molecule has 0 aliphatic heterocycles. The number of fused-ring (bicyclic) bond motifs is 1. The number of amides is 1. The number of benzene rings is 2. The van der Waals surface area contributed by atoms with Crippen LogP contribution in [-0.4, -0.2) is 15.3 Å². The fourth-order valence-corrected chi connectivity index (χ4v) is 3.49. The lowest BCUT2D eigenvalue weighted by atomic mass is 10.0. The Morgan fingerprint density at radius 3 is 2.68 bits per heavy atom. The minimum atomic E-state index is -0.0866. The zero-order chi connectivity index (χ0) is 17.4. The van der Waals surface area contributed by atoms with Crippen molar-refractivity contribution in [3.05, 3.63) is 76.9 Å². The second kappa shape index (κ2) is 6.18. The van der Waals surface area contributed by atoms with Gasteiger partial charge < -0.3 is 5.32 Å². The van der Waals surface area contributed by atoms with Gasteiger partial charge >= 0.3 is 0 Å². The van der Waals surface area contributed by atoms with Gasteiger partial charge in [0.1, 0.15) is 0 Å². The van der Waals surface area contributed by atoms with Crippen molar-refractivity contribution >= 4 is 27.9 Å². The van der Waals surface area contributed by atoms with E-state index < -0.39 is 0 Å². The first-order chi connectivity index (χ1) is 12.1. The fraction of sp³-hybridized carbons (Fsp3) is 0.100. The number of carbonyl (C=O) groups is 1. The van der Waals surface area contributed by atoms with Gasteiger partial charge in [-0.1, -0.05) is 24.3 Å². The van der Waals surface area contributed by atoms with Crippen LogP contribution in [0.3, 0.4) is 0 Å². The lowest BCUT2D eigenvalue weighted by molar-refractivity contribution is 0.102. The number of rotatable bonds is 3. The third kappa shape index (κ3) is 2.94. The largest absolute Gasteiger partial charge is 0.322 e. The highest BCUT2D eigenvalue weighted by Crippen LogP contribution is 2.23. The average molecular weight is 347 g/mol. The average Bonchev–Trinajstić information content (AvgIpc) is 3.20.